The minimum absolute atomic E-state index is 0.0691. The summed E-state index contributed by atoms with van der Waals surface area (Å²) in [7, 11) is 1.59. The number of allylic oxidation sites excluding steroid dienone is 2. The Morgan fingerprint density at radius 1 is 1.18 bits per heavy atom. The maximum absolute atomic E-state index is 13.5. The number of rotatable bonds is 7. The first-order valence-corrected chi connectivity index (χ1v) is 11.5. The van der Waals surface area contributed by atoms with Crippen molar-refractivity contribution < 1.29 is 14.3 Å². The third kappa shape index (κ3) is 4.70. The number of fused-ring (bicyclic) bond motifs is 1. The molecule has 1 aliphatic heterocycles. The van der Waals surface area contributed by atoms with E-state index in [9.17, 15) is 9.59 Å². The van der Waals surface area contributed by atoms with Crippen molar-refractivity contribution in [3.05, 3.63) is 115 Å². The molecule has 34 heavy (non-hydrogen) atoms. The van der Waals surface area contributed by atoms with Gasteiger partial charge < -0.3 is 9.47 Å². The average Bonchev–Trinajstić information content (AvgIpc) is 3.17. The fourth-order valence-corrected chi connectivity index (χ4v) is 4.72. The molecule has 0 amide bonds. The van der Waals surface area contributed by atoms with Crippen LogP contribution in [0.5, 0.6) is 5.75 Å². The lowest BCUT2D eigenvalue weighted by Gasteiger charge is -2.24. The zero-order valence-corrected chi connectivity index (χ0v) is 19.7. The van der Waals surface area contributed by atoms with Crippen LogP contribution in [-0.4, -0.2) is 24.3 Å². The average molecular weight is 473 g/mol. The van der Waals surface area contributed by atoms with Crippen molar-refractivity contribution in [2.45, 2.75) is 13.0 Å². The Bertz CT molecular complexity index is 1440. The van der Waals surface area contributed by atoms with Gasteiger partial charge in [-0.15, -0.1) is 0 Å². The molecule has 4 rings (SSSR count). The monoisotopic (exact) mass is 472 g/mol. The van der Waals surface area contributed by atoms with Gasteiger partial charge in [0.1, 0.15) is 12.4 Å². The molecule has 7 heteroatoms. The Kier molecular flexibility index (Phi) is 7.04. The molecule has 6 nitrogen and oxygen atoms in total. The van der Waals surface area contributed by atoms with Gasteiger partial charge in [0.05, 0.1) is 29.0 Å². The molecule has 1 atom stereocenters. The molecular weight excluding hydrogens is 448 g/mol. The molecule has 0 saturated carbocycles. The van der Waals surface area contributed by atoms with E-state index in [2.05, 4.69) is 11.6 Å². The van der Waals surface area contributed by atoms with Crippen molar-refractivity contribution >= 4 is 29.5 Å². The Morgan fingerprint density at radius 3 is 2.59 bits per heavy atom. The number of benzene rings is 2. The summed E-state index contributed by atoms with van der Waals surface area (Å²) in [5, 5.41) is 0. The van der Waals surface area contributed by atoms with Crippen LogP contribution in [0, 0.1) is 0 Å². The summed E-state index contributed by atoms with van der Waals surface area (Å²) in [6.07, 6.45) is 7.06. The van der Waals surface area contributed by atoms with Gasteiger partial charge >= 0.3 is 5.97 Å². The van der Waals surface area contributed by atoms with E-state index in [0.717, 1.165) is 11.1 Å². The second-order valence-corrected chi connectivity index (χ2v) is 8.54. The summed E-state index contributed by atoms with van der Waals surface area (Å²) in [5.74, 6) is 0.152. The summed E-state index contributed by atoms with van der Waals surface area (Å²) >= 11 is 1.29. The normalized spacial score (nSPS) is 15.7. The number of thiazole rings is 1. The number of aromatic nitrogens is 1. The second-order valence-electron chi connectivity index (χ2n) is 7.53. The minimum atomic E-state index is -0.667. The van der Waals surface area contributed by atoms with Gasteiger partial charge in [0.15, 0.2) is 4.80 Å². The second kappa shape index (κ2) is 10.3. The number of hydrogen-bond acceptors (Lipinski definition) is 6. The lowest BCUT2D eigenvalue weighted by Crippen LogP contribution is -2.39. The van der Waals surface area contributed by atoms with Gasteiger partial charge in [0.25, 0.3) is 5.56 Å². The molecule has 0 spiro atoms. The number of hydrogen-bond donors (Lipinski definition) is 0. The third-order valence-electron chi connectivity index (χ3n) is 5.34. The number of nitrogens with zero attached hydrogens (tertiary/aromatic N) is 2. The maximum Gasteiger partial charge on any atom is 0.338 e. The predicted octanol–water partition coefficient (Wildman–Crippen LogP) is 3.64. The largest absolute Gasteiger partial charge is 0.497 e. The van der Waals surface area contributed by atoms with Crippen LogP contribution in [-0.2, 0) is 9.53 Å². The van der Waals surface area contributed by atoms with Gasteiger partial charge in [-0.25, -0.2) is 9.79 Å². The smallest absolute Gasteiger partial charge is 0.338 e. The van der Waals surface area contributed by atoms with Gasteiger partial charge in [-0.05, 0) is 36.3 Å². The fraction of sp³-hybridized carbons (Fsp3) is 0.148. The summed E-state index contributed by atoms with van der Waals surface area (Å²) in [6.45, 7) is 5.43. The van der Waals surface area contributed by atoms with Crippen LogP contribution >= 0.6 is 11.3 Å². The number of esters is 1. The van der Waals surface area contributed by atoms with E-state index in [1.165, 1.54) is 17.4 Å². The SMILES string of the molecule is C=CCOC(=O)C1=C(C)N=c2s/c(=C\C=C\c3ccccc3)c(=O)n2[C@@H]1c1ccc(OC)cc1. The highest BCUT2D eigenvalue weighted by Crippen LogP contribution is 2.31. The van der Waals surface area contributed by atoms with Crippen molar-refractivity contribution in [2.24, 2.45) is 4.99 Å². The lowest BCUT2D eigenvalue weighted by molar-refractivity contribution is -0.138. The first-order chi connectivity index (χ1) is 16.5. The van der Waals surface area contributed by atoms with E-state index >= 15 is 0 Å². The first kappa shape index (κ1) is 23.2. The van der Waals surface area contributed by atoms with E-state index in [1.54, 1.807) is 36.8 Å². The van der Waals surface area contributed by atoms with Crippen LogP contribution in [0.2, 0.25) is 0 Å². The molecule has 2 heterocycles. The predicted molar refractivity (Wildman–Crippen MR) is 134 cm³/mol. The van der Waals surface area contributed by atoms with E-state index in [4.69, 9.17) is 9.47 Å². The Balaban J connectivity index is 1.84. The molecule has 1 aliphatic rings. The Morgan fingerprint density at radius 2 is 1.91 bits per heavy atom. The van der Waals surface area contributed by atoms with E-state index < -0.39 is 12.0 Å². The molecule has 0 fully saturated rings. The van der Waals surface area contributed by atoms with Crippen LogP contribution in [0.25, 0.3) is 12.2 Å². The number of carbonyl (C=O) groups excluding carboxylic acids is 1. The van der Waals surface area contributed by atoms with Crippen molar-refractivity contribution in [1.29, 1.82) is 0 Å². The molecule has 0 N–H and O–H groups in total. The molecule has 3 aromatic rings. The lowest BCUT2D eigenvalue weighted by atomic mass is 9.96. The van der Waals surface area contributed by atoms with Gasteiger partial charge in [-0.2, -0.15) is 0 Å². The molecule has 172 valence electrons. The van der Waals surface area contributed by atoms with Gasteiger partial charge in [0, 0.05) is 0 Å². The number of methoxy groups -OCH3 is 1. The van der Waals surface area contributed by atoms with Crippen LogP contribution in [0.1, 0.15) is 24.1 Å². The van der Waals surface area contributed by atoms with Crippen LogP contribution in [0.4, 0.5) is 0 Å². The van der Waals surface area contributed by atoms with Crippen LogP contribution in [0.15, 0.2) is 94.4 Å². The highest BCUT2D eigenvalue weighted by Gasteiger charge is 2.33. The fourth-order valence-electron chi connectivity index (χ4n) is 3.72. The summed E-state index contributed by atoms with van der Waals surface area (Å²) in [4.78, 5) is 31.6. The van der Waals surface area contributed by atoms with Crippen LogP contribution in [0.3, 0.4) is 0 Å². The van der Waals surface area contributed by atoms with Crippen molar-refractivity contribution in [1.82, 2.24) is 4.57 Å². The van der Waals surface area contributed by atoms with E-state index in [1.807, 2.05) is 54.6 Å². The minimum Gasteiger partial charge on any atom is -0.497 e. The van der Waals surface area contributed by atoms with E-state index in [0.29, 0.717) is 26.4 Å². The molecule has 1 aromatic heterocycles. The topological polar surface area (TPSA) is 69.9 Å². The third-order valence-corrected chi connectivity index (χ3v) is 6.34. The molecule has 0 unspecified atom stereocenters. The summed E-state index contributed by atoms with van der Waals surface area (Å²) < 4.78 is 12.7. The Labute approximate surface area is 201 Å². The highest BCUT2D eigenvalue weighted by molar-refractivity contribution is 7.07. The van der Waals surface area contributed by atoms with Gasteiger partial charge in [0.2, 0.25) is 0 Å². The molecular formula is C27H24N2O4S. The molecule has 0 aliphatic carbocycles. The first-order valence-electron chi connectivity index (χ1n) is 10.7. The van der Waals surface area contributed by atoms with Gasteiger partial charge in [-0.1, -0.05) is 78.6 Å². The van der Waals surface area contributed by atoms with Crippen molar-refractivity contribution in [3.63, 3.8) is 0 Å². The number of ether oxygens (including phenoxy) is 2. The molecule has 0 bridgehead atoms. The molecule has 0 saturated heterocycles. The highest BCUT2D eigenvalue weighted by atomic mass is 32.1. The Hall–Kier alpha value is -3.97. The molecule has 0 radical (unpaired) electrons. The molecule has 2 aromatic carbocycles. The number of carbonyl (C=O) groups is 1. The summed E-state index contributed by atoms with van der Waals surface area (Å²) in [5.41, 5.74) is 2.41. The van der Waals surface area contributed by atoms with Crippen molar-refractivity contribution in [3.8, 4) is 5.75 Å². The zero-order valence-electron chi connectivity index (χ0n) is 18.9. The summed E-state index contributed by atoms with van der Waals surface area (Å²) in [6, 6.07) is 16.5. The van der Waals surface area contributed by atoms with E-state index in [-0.39, 0.29) is 12.2 Å². The van der Waals surface area contributed by atoms with Crippen LogP contribution < -0.4 is 19.6 Å². The van der Waals surface area contributed by atoms with Gasteiger partial charge in [-0.3, -0.25) is 9.36 Å². The van der Waals surface area contributed by atoms with Crippen molar-refractivity contribution in [2.75, 3.05) is 13.7 Å². The zero-order chi connectivity index (χ0) is 24.1. The maximum atomic E-state index is 13.5. The standard InChI is InChI=1S/C27H24N2O4S/c1-4-17-33-26(31)23-18(2)28-27-29(24(23)20-13-15-21(32-3)16-14-20)25(30)22(34-27)12-8-11-19-9-6-5-7-10-19/h4-16,24H,1,17H2,2-3H3/b11-8+,22-12-/t24-/m1/s1. The quantitative estimate of drug-likeness (QED) is 0.389.